The van der Waals surface area contributed by atoms with Gasteiger partial charge in [0.1, 0.15) is 29.8 Å². The third-order valence-corrected chi connectivity index (χ3v) is 14.8. The zero-order valence-electron chi connectivity index (χ0n) is 41.3. The second-order valence-corrected chi connectivity index (χ2v) is 23.2. The third kappa shape index (κ3) is 15.9. The van der Waals surface area contributed by atoms with Gasteiger partial charge >= 0.3 is 5.97 Å². The number of esters is 1. The molecule has 0 saturated carbocycles. The number of ether oxygens (including phenoxy) is 1. The average Bonchev–Trinajstić information content (AvgIpc) is 3.83. The van der Waals surface area contributed by atoms with E-state index < -0.39 is 67.8 Å². The molecule has 0 radical (unpaired) electrons. The van der Waals surface area contributed by atoms with E-state index in [2.05, 4.69) is 42.5 Å². The summed E-state index contributed by atoms with van der Waals surface area (Å²) in [6.45, 7) is 13.5. The van der Waals surface area contributed by atoms with Crippen molar-refractivity contribution in [1.82, 2.24) is 42.5 Å². The predicted octanol–water partition coefficient (Wildman–Crippen LogP) is 3.88. The molecule has 2 saturated heterocycles. The van der Waals surface area contributed by atoms with E-state index in [1.165, 1.54) is 23.5 Å². The molecule has 8 N–H and O–H groups in total. The number of hydrogen-bond acceptors (Lipinski definition) is 12. The molecule has 16 nitrogen and oxygen atoms in total. The van der Waals surface area contributed by atoms with E-state index in [9.17, 15) is 33.6 Å². The lowest BCUT2D eigenvalue weighted by atomic mass is 10.0. The first-order valence-corrected chi connectivity index (χ1v) is 25.4. The molecule has 6 atom stereocenters. The molecule has 0 aliphatic carbocycles. The number of carbonyl (C=O) groups is 7. The van der Waals surface area contributed by atoms with E-state index in [-0.39, 0.29) is 62.6 Å². The molecule has 2 unspecified atom stereocenters. The fraction of sp³-hybridized carbons (Fsp3) is 0.415. The Morgan fingerprint density at radius 3 is 1.28 bits per heavy atom. The molecule has 4 aromatic rings. The fourth-order valence-corrected chi connectivity index (χ4v) is 11.1. The number of rotatable bonds is 20. The molecule has 0 spiro atoms. The minimum Gasteiger partial charge on any atom is -0.456 e. The van der Waals surface area contributed by atoms with E-state index in [1.807, 2.05) is 119 Å². The first-order chi connectivity index (χ1) is 33.7. The highest BCUT2D eigenvalue weighted by Gasteiger charge is 2.50. The molecule has 6 rings (SSSR count). The molecule has 2 aliphatic rings. The van der Waals surface area contributed by atoms with Gasteiger partial charge < -0.3 is 36.6 Å². The molecule has 4 aromatic carbocycles. The summed E-state index contributed by atoms with van der Waals surface area (Å²) < 4.78 is 4.03. The van der Waals surface area contributed by atoms with Crippen molar-refractivity contribution in [3.05, 3.63) is 143 Å². The summed E-state index contributed by atoms with van der Waals surface area (Å²) >= 11 is 2.74. The highest BCUT2D eigenvalue weighted by atomic mass is 32.2. The van der Waals surface area contributed by atoms with Crippen LogP contribution in [0, 0.1) is 0 Å². The van der Waals surface area contributed by atoms with Crippen LogP contribution in [0.2, 0.25) is 0 Å². The third-order valence-electron chi connectivity index (χ3n) is 11.7. The van der Waals surface area contributed by atoms with Crippen LogP contribution in [0.15, 0.2) is 115 Å². The second-order valence-electron chi connectivity index (χ2n) is 19.6. The summed E-state index contributed by atoms with van der Waals surface area (Å²) in [6.07, 6.45) is 0.111. The summed E-state index contributed by atoms with van der Waals surface area (Å²) in [5, 5.41) is 22.8. The first-order valence-electron chi connectivity index (χ1n) is 23.7. The van der Waals surface area contributed by atoms with Gasteiger partial charge in [-0.25, -0.2) is 4.79 Å². The minimum absolute atomic E-state index is 0.0378. The van der Waals surface area contributed by atoms with Crippen molar-refractivity contribution in [3.8, 4) is 0 Å². The monoisotopic (exact) mass is 1010 g/mol. The van der Waals surface area contributed by atoms with Gasteiger partial charge in [-0.3, -0.25) is 39.4 Å². The van der Waals surface area contributed by atoms with Gasteiger partial charge in [0.15, 0.2) is 0 Å². The van der Waals surface area contributed by atoms with Crippen molar-refractivity contribution in [1.29, 1.82) is 0 Å². The van der Waals surface area contributed by atoms with Gasteiger partial charge in [0, 0.05) is 35.7 Å². The molecule has 0 bridgehead atoms. The first kappa shape index (κ1) is 54.1. The molecule has 2 aliphatic heterocycles. The molecular weight excluding hydrogens is 941 g/mol. The van der Waals surface area contributed by atoms with Gasteiger partial charge in [0.25, 0.3) is 0 Å². The topological polar surface area (TPSA) is 225 Å². The molecule has 6 amide bonds. The molecule has 71 heavy (non-hydrogen) atoms. The lowest BCUT2D eigenvalue weighted by Crippen LogP contribution is -2.58. The average molecular weight is 1010 g/mol. The Hall–Kier alpha value is -6.21. The number of benzene rings is 4. The van der Waals surface area contributed by atoms with E-state index in [0.29, 0.717) is 5.56 Å². The molecular formula is C53H66N8O8S2. The quantitative estimate of drug-likeness (QED) is 0.0467. The van der Waals surface area contributed by atoms with Crippen molar-refractivity contribution in [2.75, 3.05) is 13.1 Å². The Labute approximate surface area is 424 Å². The molecule has 18 heteroatoms. The van der Waals surface area contributed by atoms with Crippen LogP contribution in [0.4, 0.5) is 0 Å². The van der Waals surface area contributed by atoms with Gasteiger partial charge in [-0.2, -0.15) is 0 Å². The summed E-state index contributed by atoms with van der Waals surface area (Å²) in [5.41, 5.74) is 2.90. The van der Waals surface area contributed by atoms with Crippen LogP contribution in [0.5, 0.6) is 0 Å². The largest absolute Gasteiger partial charge is 0.456 e. The van der Waals surface area contributed by atoms with Crippen molar-refractivity contribution in [3.63, 3.8) is 0 Å². The van der Waals surface area contributed by atoms with Crippen LogP contribution in [0.25, 0.3) is 0 Å². The predicted molar refractivity (Wildman–Crippen MR) is 277 cm³/mol. The second kappa shape index (κ2) is 24.3. The van der Waals surface area contributed by atoms with Crippen LogP contribution < -0.4 is 42.5 Å². The van der Waals surface area contributed by atoms with Crippen molar-refractivity contribution in [2.45, 2.75) is 124 Å². The van der Waals surface area contributed by atoms with Crippen LogP contribution >= 0.6 is 23.5 Å². The number of nitrogens with one attached hydrogen (secondary N) is 8. The van der Waals surface area contributed by atoms with Crippen LogP contribution in [0.3, 0.4) is 0 Å². The number of amides is 6. The van der Waals surface area contributed by atoms with Crippen molar-refractivity contribution in [2.24, 2.45) is 0 Å². The van der Waals surface area contributed by atoms with E-state index in [4.69, 9.17) is 4.74 Å². The van der Waals surface area contributed by atoms with Crippen LogP contribution in [-0.2, 0) is 59.4 Å². The maximum atomic E-state index is 14.0. The highest BCUT2D eigenvalue weighted by Crippen LogP contribution is 2.40. The number of thioether (sulfide) groups is 2. The van der Waals surface area contributed by atoms with Gasteiger partial charge in [0.2, 0.25) is 35.4 Å². The molecule has 2 heterocycles. The van der Waals surface area contributed by atoms with Crippen molar-refractivity contribution >= 4 is 64.9 Å². The van der Waals surface area contributed by atoms with E-state index in [0.717, 1.165) is 22.3 Å². The summed E-state index contributed by atoms with van der Waals surface area (Å²) in [5.74, 6) is -2.73. The SMILES string of the molecule is CC(C)(C)OC(=O)c1ccc(CNC(=O)C(NC(=O)Cc2ccccc2)[C@@H]2N[C@@H](C(=O)NCCNC(=O)[C@@H]3N[C@@H](C(NC(=O)Cc4ccccc4)C(=O)NCc4ccccc4)SC3(C)C)C(C)(C)S2)cc1. The Morgan fingerprint density at radius 2 is 0.901 bits per heavy atom. The summed E-state index contributed by atoms with van der Waals surface area (Å²) in [7, 11) is 0. The lowest BCUT2D eigenvalue weighted by molar-refractivity contribution is -0.129. The maximum absolute atomic E-state index is 14.0. The van der Waals surface area contributed by atoms with E-state index >= 15 is 0 Å². The number of carbonyl (C=O) groups excluding carboxylic acids is 7. The molecule has 378 valence electrons. The maximum Gasteiger partial charge on any atom is 0.338 e. The van der Waals surface area contributed by atoms with Crippen LogP contribution in [0.1, 0.15) is 81.1 Å². The Kier molecular flexibility index (Phi) is 18.5. The zero-order valence-corrected chi connectivity index (χ0v) is 42.9. The van der Waals surface area contributed by atoms with Gasteiger partial charge in [-0.1, -0.05) is 103 Å². The van der Waals surface area contributed by atoms with Gasteiger partial charge in [-0.05, 0) is 82.9 Å². The van der Waals surface area contributed by atoms with Gasteiger partial charge in [0.05, 0.1) is 29.2 Å². The standard InChI is InChI=1S/C53H66N8O8S2/c1-51(2,3)69-50(68)37-25-23-36(24-26-37)32-57-45(65)41(59-39(63)30-34-19-13-9-14-20-34)49-61-43(53(6,7)71-49)47(67)55-28-27-54-46(66)42-52(4,5)70-48(60-42)40(44(64)56-31-35-21-15-10-16-22-35)58-38(62)29-33-17-11-8-12-18-33/h8-26,40-43,48-49,60-61H,27-32H2,1-7H3,(H,54,66)(H,55,67)(H,56,64)(H,57,65)(H,58,62)(H,59,63)/t40?,41?,42-,43-,48+,49+/m0/s1. The van der Waals surface area contributed by atoms with Crippen LogP contribution in [-0.4, -0.2) is 105 Å². The van der Waals surface area contributed by atoms with E-state index in [1.54, 1.807) is 45.0 Å². The van der Waals surface area contributed by atoms with Crippen molar-refractivity contribution < 1.29 is 38.3 Å². The Balaban J connectivity index is 1.05. The smallest absolute Gasteiger partial charge is 0.338 e. The highest BCUT2D eigenvalue weighted by molar-refractivity contribution is 8.01. The lowest BCUT2D eigenvalue weighted by Gasteiger charge is -2.25. The minimum atomic E-state index is -1.08. The Bertz CT molecular complexity index is 2490. The normalized spacial score (nSPS) is 19.8. The number of hydrogen-bond donors (Lipinski definition) is 8. The molecule has 0 aromatic heterocycles. The zero-order chi connectivity index (χ0) is 51.3. The fourth-order valence-electron chi connectivity index (χ4n) is 8.13. The Morgan fingerprint density at radius 1 is 0.535 bits per heavy atom. The van der Waals surface area contributed by atoms with Gasteiger partial charge in [-0.15, -0.1) is 23.5 Å². The summed E-state index contributed by atoms with van der Waals surface area (Å²) in [6, 6.07) is 30.9. The summed E-state index contributed by atoms with van der Waals surface area (Å²) in [4.78, 5) is 94.7. The molecule has 2 fully saturated rings.